The predicted octanol–water partition coefficient (Wildman–Crippen LogP) is 3.23. The van der Waals surface area contributed by atoms with Crippen LogP contribution < -0.4 is 0 Å². The van der Waals surface area contributed by atoms with Crippen molar-refractivity contribution in [3.63, 3.8) is 0 Å². The summed E-state index contributed by atoms with van der Waals surface area (Å²) in [5, 5.41) is 7.11. The number of carbonyl (C=O) groups excluding carboxylic acids is 1. The van der Waals surface area contributed by atoms with Crippen molar-refractivity contribution in [1.29, 1.82) is 0 Å². The van der Waals surface area contributed by atoms with Crippen molar-refractivity contribution in [3.8, 4) is 0 Å². The first-order chi connectivity index (χ1) is 11.2. The highest BCUT2D eigenvalue weighted by Gasteiger charge is 2.46. The summed E-state index contributed by atoms with van der Waals surface area (Å²) in [7, 11) is 0. The summed E-state index contributed by atoms with van der Waals surface area (Å²) in [6.07, 6.45) is 5.02. The molecule has 23 heavy (non-hydrogen) atoms. The van der Waals surface area contributed by atoms with Crippen LogP contribution in [0, 0.1) is 12.8 Å². The van der Waals surface area contributed by atoms with Gasteiger partial charge in [0, 0.05) is 36.8 Å². The quantitative estimate of drug-likeness (QED) is 0.946. The fraction of sp³-hybridized carbons (Fsp3) is 0.474. The van der Waals surface area contributed by atoms with Crippen LogP contribution in [-0.2, 0) is 4.79 Å². The van der Waals surface area contributed by atoms with Gasteiger partial charge < -0.3 is 4.90 Å². The molecule has 1 saturated heterocycles. The van der Waals surface area contributed by atoms with Gasteiger partial charge in [-0.05, 0) is 43.7 Å². The molecule has 0 radical (unpaired) electrons. The van der Waals surface area contributed by atoms with Crippen molar-refractivity contribution in [2.75, 3.05) is 13.1 Å². The van der Waals surface area contributed by atoms with Gasteiger partial charge >= 0.3 is 0 Å². The average molecular weight is 309 g/mol. The molecule has 2 heterocycles. The van der Waals surface area contributed by atoms with Crippen LogP contribution in [-0.4, -0.2) is 34.1 Å². The van der Waals surface area contributed by atoms with E-state index in [2.05, 4.69) is 46.3 Å². The lowest BCUT2D eigenvalue weighted by molar-refractivity contribution is -0.133. The number of aromatic nitrogens is 2. The van der Waals surface area contributed by atoms with Gasteiger partial charge in [0.05, 0.1) is 0 Å². The Morgan fingerprint density at radius 1 is 1.35 bits per heavy atom. The summed E-state index contributed by atoms with van der Waals surface area (Å²) in [6.45, 7) is 3.85. The molecule has 1 N–H and O–H groups in total. The molecule has 4 rings (SSSR count). The minimum atomic E-state index is 0.192. The zero-order chi connectivity index (χ0) is 15.8. The maximum absolute atomic E-state index is 12.8. The first-order valence-corrected chi connectivity index (χ1v) is 8.57. The molecule has 4 heteroatoms. The largest absolute Gasteiger partial charge is 0.342 e. The Kier molecular flexibility index (Phi) is 3.68. The Morgan fingerprint density at radius 2 is 2.26 bits per heavy atom. The minimum absolute atomic E-state index is 0.192. The van der Waals surface area contributed by atoms with Crippen molar-refractivity contribution < 1.29 is 4.79 Å². The molecular weight excluding hydrogens is 286 g/mol. The van der Waals surface area contributed by atoms with Crippen LogP contribution in [0.1, 0.15) is 47.9 Å². The van der Waals surface area contributed by atoms with Gasteiger partial charge in [-0.3, -0.25) is 9.89 Å². The summed E-state index contributed by atoms with van der Waals surface area (Å²) >= 11 is 0. The van der Waals surface area contributed by atoms with E-state index >= 15 is 0 Å². The number of rotatable bonds is 3. The molecule has 0 unspecified atom stereocenters. The van der Waals surface area contributed by atoms with E-state index in [1.165, 1.54) is 11.1 Å². The van der Waals surface area contributed by atoms with Gasteiger partial charge in [-0.15, -0.1) is 0 Å². The topological polar surface area (TPSA) is 49.0 Å². The molecule has 2 aliphatic rings. The number of likely N-dealkylation sites (tertiary alicyclic amines) is 1. The number of aromatic amines is 1. The SMILES string of the molecule is Cc1cccc([C@@H]2C[C@H]2C(=O)N2CCC[C@@H](c3ccn[nH]3)C2)c1. The number of piperidine rings is 1. The number of hydrogen-bond donors (Lipinski definition) is 1. The monoisotopic (exact) mass is 309 g/mol. The van der Waals surface area contributed by atoms with Gasteiger partial charge in [-0.2, -0.15) is 5.10 Å². The molecule has 1 aliphatic heterocycles. The van der Waals surface area contributed by atoms with Crippen LogP contribution in [0.25, 0.3) is 0 Å². The first-order valence-electron chi connectivity index (χ1n) is 8.57. The zero-order valence-electron chi connectivity index (χ0n) is 13.5. The van der Waals surface area contributed by atoms with Crippen LogP contribution in [0.15, 0.2) is 36.5 Å². The maximum Gasteiger partial charge on any atom is 0.226 e. The van der Waals surface area contributed by atoms with E-state index in [1.54, 1.807) is 6.20 Å². The van der Waals surface area contributed by atoms with Gasteiger partial charge in [0.15, 0.2) is 0 Å². The van der Waals surface area contributed by atoms with Gasteiger partial charge in [0.1, 0.15) is 0 Å². The lowest BCUT2D eigenvalue weighted by Crippen LogP contribution is -2.40. The second kappa shape index (κ2) is 5.84. The highest BCUT2D eigenvalue weighted by molar-refractivity contribution is 5.83. The molecule has 3 atom stereocenters. The van der Waals surface area contributed by atoms with Crippen LogP contribution in [0.2, 0.25) is 0 Å². The molecule has 1 aliphatic carbocycles. The third kappa shape index (κ3) is 2.90. The Bertz CT molecular complexity index is 694. The number of nitrogens with one attached hydrogen (secondary N) is 1. The van der Waals surface area contributed by atoms with E-state index in [9.17, 15) is 4.79 Å². The summed E-state index contributed by atoms with van der Waals surface area (Å²) in [4.78, 5) is 14.9. The molecule has 1 saturated carbocycles. The molecule has 2 aromatic rings. The maximum atomic E-state index is 12.8. The van der Waals surface area contributed by atoms with Gasteiger partial charge in [-0.25, -0.2) is 0 Å². The number of nitrogens with zero attached hydrogens (tertiary/aromatic N) is 2. The second-order valence-corrected chi connectivity index (χ2v) is 7.00. The molecule has 1 aromatic heterocycles. The van der Waals surface area contributed by atoms with Crippen molar-refractivity contribution in [3.05, 3.63) is 53.3 Å². The number of hydrogen-bond acceptors (Lipinski definition) is 2. The number of carbonyl (C=O) groups is 1. The van der Waals surface area contributed by atoms with Crippen molar-refractivity contribution in [1.82, 2.24) is 15.1 Å². The minimum Gasteiger partial charge on any atom is -0.342 e. The number of aryl methyl sites for hydroxylation is 1. The van der Waals surface area contributed by atoms with Crippen LogP contribution in [0.3, 0.4) is 0 Å². The van der Waals surface area contributed by atoms with Crippen LogP contribution in [0.4, 0.5) is 0 Å². The average Bonchev–Trinajstić information content (AvgIpc) is 3.19. The summed E-state index contributed by atoms with van der Waals surface area (Å²) in [5.41, 5.74) is 3.76. The molecule has 1 aromatic carbocycles. The first kappa shape index (κ1) is 14.5. The Hall–Kier alpha value is -2.10. The summed E-state index contributed by atoms with van der Waals surface area (Å²) in [5.74, 6) is 1.37. The number of amides is 1. The van der Waals surface area contributed by atoms with E-state index in [1.807, 2.05) is 6.07 Å². The Morgan fingerprint density at radius 3 is 3.04 bits per heavy atom. The van der Waals surface area contributed by atoms with Gasteiger partial charge in [0.25, 0.3) is 0 Å². The second-order valence-electron chi connectivity index (χ2n) is 7.00. The predicted molar refractivity (Wildman–Crippen MR) is 89.2 cm³/mol. The normalized spacial score (nSPS) is 27.0. The summed E-state index contributed by atoms with van der Waals surface area (Å²) < 4.78 is 0. The third-order valence-corrected chi connectivity index (χ3v) is 5.27. The standard InChI is InChI=1S/C19H23N3O/c1-13-4-2-5-14(10-13)16-11-17(16)19(23)22-9-3-6-15(12-22)18-7-8-20-21-18/h2,4-5,7-8,10,15-17H,3,6,9,11-12H2,1H3,(H,20,21)/t15-,16+,17-/m1/s1. The van der Waals surface area contributed by atoms with E-state index in [-0.39, 0.29) is 5.92 Å². The molecule has 2 fully saturated rings. The van der Waals surface area contributed by atoms with Gasteiger partial charge in [-0.1, -0.05) is 29.8 Å². The fourth-order valence-electron chi connectivity index (χ4n) is 3.90. The molecular formula is C19H23N3O. The smallest absolute Gasteiger partial charge is 0.226 e. The van der Waals surface area contributed by atoms with E-state index in [0.717, 1.165) is 38.0 Å². The highest BCUT2D eigenvalue weighted by atomic mass is 16.2. The van der Waals surface area contributed by atoms with Crippen molar-refractivity contribution in [2.45, 2.75) is 38.0 Å². The van der Waals surface area contributed by atoms with Crippen molar-refractivity contribution >= 4 is 5.91 Å². The third-order valence-electron chi connectivity index (χ3n) is 5.27. The van der Waals surface area contributed by atoms with E-state index in [0.29, 0.717) is 17.7 Å². The molecule has 0 spiro atoms. The molecule has 1 amide bonds. The molecule has 4 nitrogen and oxygen atoms in total. The molecule has 120 valence electrons. The van der Waals surface area contributed by atoms with Crippen LogP contribution in [0.5, 0.6) is 0 Å². The summed E-state index contributed by atoms with van der Waals surface area (Å²) in [6, 6.07) is 10.6. The lowest BCUT2D eigenvalue weighted by atomic mass is 9.94. The fourth-order valence-corrected chi connectivity index (χ4v) is 3.90. The molecule has 0 bridgehead atoms. The Balaban J connectivity index is 1.42. The highest BCUT2D eigenvalue weighted by Crippen LogP contribution is 2.49. The van der Waals surface area contributed by atoms with E-state index in [4.69, 9.17) is 0 Å². The number of H-pyrrole nitrogens is 1. The zero-order valence-corrected chi connectivity index (χ0v) is 13.5. The lowest BCUT2D eigenvalue weighted by Gasteiger charge is -2.32. The Labute approximate surface area is 136 Å². The van der Waals surface area contributed by atoms with Gasteiger partial charge in [0.2, 0.25) is 5.91 Å². The van der Waals surface area contributed by atoms with Crippen molar-refractivity contribution in [2.24, 2.45) is 5.92 Å². The van der Waals surface area contributed by atoms with E-state index < -0.39 is 0 Å². The number of benzene rings is 1. The van der Waals surface area contributed by atoms with Crippen LogP contribution >= 0.6 is 0 Å².